The maximum Gasteiger partial charge on any atom is 0.171 e. The van der Waals surface area contributed by atoms with Crippen molar-refractivity contribution in [2.24, 2.45) is 10.1 Å². The Labute approximate surface area is 188 Å². The third-order valence-corrected chi connectivity index (χ3v) is 6.29. The fraction of sp³-hybridized carbons (Fsp3) is 0.286. The molecular formula is C21H24BrN7S. The Hall–Kier alpha value is -2.36. The van der Waals surface area contributed by atoms with Gasteiger partial charge in [0.25, 0.3) is 0 Å². The van der Waals surface area contributed by atoms with Gasteiger partial charge in [-0.25, -0.2) is 9.38 Å². The second-order valence-electron chi connectivity index (χ2n) is 7.18. The lowest BCUT2D eigenvalue weighted by molar-refractivity contribution is 0.453. The number of benzene rings is 1. The van der Waals surface area contributed by atoms with Crippen LogP contribution in [0, 0.1) is 0 Å². The number of aromatic nitrogens is 3. The minimum absolute atomic E-state index is 0.468. The summed E-state index contributed by atoms with van der Waals surface area (Å²) < 4.78 is 6.48. The van der Waals surface area contributed by atoms with Crippen LogP contribution in [0.2, 0.25) is 0 Å². The number of hydrogen-bond acceptors (Lipinski definition) is 7. The second-order valence-corrected chi connectivity index (χ2v) is 8.74. The summed E-state index contributed by atoms with van der Waals surface area (Å²) in [5, 5.41) is 13.2. The predicted molar refractivity (Wildman–Crippen MR) is 129 cm³/mol. The quantitative estimate of drug-likeness (QED) is 0.343. The Morgan fingerprint density at radius 1 is 1.37 bits per heavy atom. The van der Waals surface area contributed by atoms with Gasteiger partial charge in [-0.2, -0.15) is 9.61 Å². The second kappa shape index (κ2) is 9.63. The highest BCUT2D eigenvalue weighted by molar-refractivity contribution is 9.10. The molecule has 1 aliphatic rings. The molecule has 3 heterocycles. The minimum atomic E-state index is 0.468. The smallest absolute Gasteiger partial charge is 0.171 e. The van der Waals surface area contributed by atoms with Gasteiger partial charge in [-0.3, -0.25) is 0 Å². The van der Waals surface area contributed by atoms with Gasteiger partial charge < -0.3 is 16.4 Å². The van der Waals surface area contributed by atoms with E-state index in [9.17, 15) is 0 Å². The van der Waals surface area contributed by atoms with Crippen molar-refractivity contribution in [1.29, 1.82) is 0 Å². The lowest BCUT2D eigenvalue weighted by Gasteiger charge is -2.23. The minimum Gasteiger partial charge on any atom is -0.398 e. The fourth-order valence-electron chi connectivity index (χ4n) is 3.58. The molecule has 1 saturated heterocycles. The zero-order valence-electron chi connectivity index (χ0n) is 16.5. The molecule has 0 bridgehead atoms. The van der Waals surface area contributed by atoms with Crippen molar-refractivity contribution in [2.75, 3.05) is 18.4 Å². The molecule has 0 radical (unpaired) electrons. The number of fused-ring (bicyclic) bond motifs is 1. The van der Waals surface area contributed by atoms with Gasteiger partial charge in [-0.15, -0.1) is 0 Å². The zero-order valence-corrected chi connectivity index (χ0v) is 18.9. The predicted octanol–water partition coefficient (Wildman–Crippen LogP) is 4.18. The first kappa shape index (κ1) is 20.9. The SMILES string of the molecule is C=NS/C=C(\N)c1ccc(CNc2cc(C3CCNCC3)nc3c(Br)cnn23)cc1. The Balaban J connectivity index is 1.54. The molecule has 0 amide bonds. The molecule has 0 aliphatic carbocycles. The molecule has 4 rings (SSSR count). The highest BCUT2D eigenvalue weighted by Gasteiger charge is 2.19. The van der Waals surface area contributed by atoms with E-state index < -0.39 is 0 Å². The van der Waals surface area contributed by atoms with Crippen LogP contribution >= 0.6 is 27.9 Å². The topological polar surface area (TPSA) is 92.6 Å². The molecule has 30 heavy (non-hydrogen) atoms. The van der Waals surface area contributed by atoms with Gasteiger partial charge in [-0.05, 0) is 59.7 Å². The molecule has 0 spiro atoms. The molecule has 3 aromatic rings. The molecule has 0 saturated carbocycles. The number of hydrogen-bond donors (Lipinski definition) is 3. The van der Waals surface area contributed by atoms with Crippen molar-refractivity contribution in [3.63, 3.8) is 0 Å². The summed E-state index contributed by atoms with van der Waals surface area (Å²) in [6, 6.07) is 10.3. The Kier molecular flexibility index (Phi) is 6.71. The number of nitrogens with zero attached hydrogens (tertiary/aromatic N) is 4. The Bertz CT molecular complexity index is 1060. The Morgan fingerprint density at radius 2 is 2.13 bits per heavy atom. The van der Waals surface area contributed by atoms with Crippen LogP contribution in [0.25, 0.3) is 11.3 Å². The lowest BCUT2D eigenvalue weighted by atomic mass is 9.94. The molecule has 1 fully saturated rings. The largest absolute Gasteiger partial charge is 0.398 e. The normalized spacial score (nSPS) is 15.4. The first-order chi connectivity index (χ1) is 14.7. The molecule has 156 valence electrons. The molecule has 4 N–H and O–H groups in total. The van der Waals surface area contributed by atoms with Crippen LogP contribution in [0.3, 0.4) is 0 Å². The third kappa shape index (κ3) is 4.69. The highest BCUT2D eigenvalue weighted by atomic mass is 79.9. The molecule has 1 aromatic carbocycles. The first-order valence-corrected chi connectivity index (χ1v) is 11.4. The summed E-state index contributed by atoms with van der Waals surface area (Å²) in [6.07, 6.45) is 3.99. The van der Waals surface area contributed by atoms with E-state index in [0.29, 0.717) is 18.2 Å². The average molecular weight is 486 g/mol. The van der Waals surface area contributed by atoms with Crippen LogP contribution in [0.5, 0.6) is 0 Å². The maximum absolute atomic E-state index is 6.06. The number of halogens is 1. The van der Waals surface area contributed by atoms with E-state index in [2.05, 4.69) is 61.0 Å². The van der Waals surface area contributed by atoms with Gasteiger partial charge in [0.2, 0.25) is 0 Å². The molecule has 2 aromatic heterocycles. The average Bonchev–Trinajstić information content (AvgIpc) is 3.17. The molecule has 1 aliphatic heterocycles. The van der Waals surface area contributed by atoms with Gasteiger partial charge >= 0.3 is 0 Å². The number of anilines is 1. The summed E-state index contributed by atoms with van der Waals surface area (Å²) in [6.45, 7) is 6.18. The van der Waals surface area contributed by atoms with Crippen molar-refractivity contribution < 1.29 is 0 Å². The summed E-state index contributed by atoms with van der Waals surface area (Å²) in [5.74, 6) is 1.41. The molecule has 7 nitrogen and oxygen atoms in total. The van der Waals surface area contributed by atoms with E-state index in [0.717, 1.165) is 58.7 Å². The summed E-state index contributed by atoms with van der Waals surface area (Å²) in [7, 11) is 0. The monoisotopic (exact) mass is 485 g/mol. The first-order valence-electron chi connectivity index (χ1n) is 9.81. The number of nitrogens with two attached hydrogens (primary N) is 1. The molecule has 0 atom stereocenters. The Morgan fingerprint density at radius 3 is 2.87 bits per heavy atom. The van der Waals surface area contributed by atoms with Crippen LogP contribution in [-0.4, -0.2) is 34.4 Å². The molecular weight excluding hydrogens is 462 g/mol. The van der Waals surface area contributed by atoms with Crippen molar-refractivity contribution in [1.82, 2.24) is 19.9 Å². The summed E-state index contributed by atoms with van der Waals surface area (Å²) in [4.78, 5) is 4.88. The third-order valence-electron chi connectivity index (χ3n) is 5.22. The van der Waals surface area contributed by atoms with Gasteiger partial charge in [-0.1, -0.05) is 24.3 Å². The maximum atomic E-state index is 6.06. The number of nitrogens with one attached hydrogen (secondary N) is 2. The number of piperidine rings is 1. The molecule has 9 heteroatoms. The van der Waals surface area contributed by atoms with Crippen LogP contribution in [0.15, 0.2) is 50.8 Å². The van der Waals surface area contributed by atoms with E-state index >= 15 is 0 Å². The van der Waals surface area contributed by atoms with Crippen molar-refractivity contribution in [3.8, 4) is 0 Å². The van der Waals surface area contributed by atoms with Crippen molar-refractivity contribution >= 4 is 51.8 Å². The van der Waals surface area contributed by atoms with Gasteiger partial charge in [0.1, 0.15) is 5.82 Å². The standard InChI is InChI=1S/C21H24BrN7S/c1-24-30-13-18(23)15-4-2-14(3-5-15)11-26-20-10-19(16-6-8-25-9-7-16)28-21-17(22)12-27-29(20)21/h2-5,10,12-13,16,25-26H,1,6-9,11,23H2/b18-13-. The van der Waals surface area contributed by atoms with E-state index in [4.69, 9.17) is 10.7 Å². The number of rotatable bonds is 7. The fourth-order valence-corrected chi connectivity index (χ4v) is 4.25. The van der Waals surface area contributed by atoms with Gasteiger partial charge in [0, 0.05) is 47.3 Å². The van der Waals surface area contributed by atoms with Crippen molar-refractivity contribution in [3.05, 3.63) is 63.2 Å². The van der Waals surface area contributed by atoms with Gasteiger partial charge in [0.15, 0.2) is 5.65 Å². The summed E-state index contributed by atoms with van der Waals surface area (Å²) >= 11 is 4.81. The summed E-state index contributed by atoms with van der Waals surface area (Å²) in [5.41, 5.74) is 10.8. The van der Waals surface area contributed by atoms with Crippen LogP contribution in [0.1, 0.15) is 35.6 Å². The van der Waals surface area contributed by atoms with Gasteiger partial charge in [0.05, 0.1) is 10.7 Å². The molecule has 0 unspecified atom stereocenters. The highest BCUT2D eigenvalue weighted by Crippen LogP contribution is 2.28. The van der Waals surface area contributed by atoms with E-state index in [1.807, 2.05) is 16.6 Å². The lowest BCUT2D eigenvalue weighted by Crippen LogP contribution is -2.27. The van der Waals surface area contributed by atoms with E-state index in [1.54, 1.807) is 11.6 Å². The van der Waals surface area contributed by atoms with Crippen LogP contribution in [-0.2, 0) is 6.54 Å². The zero-order chi connectivity index (χ0) is 20.9. The van der Waals surface area contributed by atoms with Crippen LogP contribution < -0.4 is 16.4 Å². The van der Waals surface area contributed by atoms with E-state index in [1.165, 1.54) is 11.9 Å². The van der Waals surface area contributed by atoms with Crippen molar-refractivity contribution in [2.45, 2.75) is 25.3 Å². The van der Waals surface area contributed by atoms with E-state index in [-0.39, 0.29) is 0 Å². The van der Waals surface area contributed by atoms with Crippen LogP contribution in [0.4, 0.5) is 5.82 Å².